The van der Waals surface area contributed by atoms with E-state index in [2.05, 4.69) is 0 Å². The van der Waals surface area contributed by atoms with Crippen molar-refractivity contribution in [2.24, 2.45) is 0 Å². The smallest absolute Gasteiger partial charge is 0.273 e. The first-order valence-electron chi connectivity index (χ1n) is 7.02. The predicted molar refractivity (Wildman–Crippen MR) is 82.1 cm³/mol. The molecular weight excluding hydrogens is 286 g/mol. The van der Waals surface area contributed by atoms with Gasteiger partial charge in [-0.25, -0.2) is 0 Å². The van der Waals surface area contributed by atoms with Gasteiger partial charge in [-0.1, -0.05) is 18.2 Å². The lowest BCUT2D eigenvalue weighted by Gasteiger charge is -2.08. The summed E-state index contributed by atoms with van der Waals surface area (Å²) in [4.78, 5) is 25.0. The number of aryl methyl sites for hydroxylation is 2. The summed E-state index contributed by atoms with van der Waals surface area (Å²) >= 11 is 1.56. The van der Waals surface area contributed by atoms with Gasteiger partial charge in [0, 0.05) is 22.9 Å². The van der Waals surface area contributed by atoms with Crippen LogP contribution in [-0.2, 0) is 19.3 Å². The molecule has 0 atom stereocenters. The van der Waals surface area contributed by atoms with Gasteiger partial charge in [-0.3, -0.25) is 14.9 Å². The van der Waals surface area contributed by atoms with Gasteiger partial charge in [0.05, 0.1) is 9.80 Å². The molecule has 0 aliphatic heterocycles. The number of ketones is 1. The molecule has 0 saturated heterocycles. The second-order valence-corrected chi connectivity index (χ2v) is 6.39. The number of nitrogens with zero attached hydrogens (tertiary/aromatic N) is 1. The third kappa shape index (κ3) is 2.88. The second kappa shape index (κ2) is 5.77. The molecule has 2 aromatic rings. The van der Waals surface area contributed by atoms with Crippen molar-refractivity contribution in [1.29, 1.82) is 0 Å². The fraction of sp³-hybridized carbons (Fsp3) is 0.312. The maximum atomic E-state index is 12.4. The van der Waals surface area contributed by atoms with Crippen LogP contribution in [-0.4, -0.2) is 10.7 Å². The average Bonchev–Trinajstić information content (AvgIpc) is 2.91. The summed E-state index contributed by atoms with van der Waals surface area (Å²) in [5, 5.41) is 11.0. The normalized spacial score (nSPS) is 13.7. The highest BCUT2D eigenvalue weighted by atomic mass is 32.1. The minimum absolute atomic E-state index is 0.0205. The van der Waals surface area contributed by atoms with E-state index >= 15 is 0 Å². The van der Waals surface area contributed by atoms with E-state index in [4.69, 9.17) is 0 Å². The van der Waals surface area contributed by atoms with Crippen molar-refractivity contribution in [1.82, 2.24) is 0 Å². The molecule has 4 nitrogen and oxygen atoms in total. The molecule has 0 N–H and O–H groups in total. The Morgan fingerprint density at radius 3 is 2.76 bits per heavy atom. The largest absolute Gasteiger partial charge is 0.293 e. The van der Waals surface area contributed by atoms with Crippen LogP contribution in [0.15, 0.2) is 30.3 Å². The summed E-state index contributed by atoms with van der Waals surface area (Å²) in [6.45, 7) is 0. The molecule has 1 aliphatic rings. The fourth-order valence-corrected chi connectivity index (χ4v) is 3.92. The molecule has 0 radical (unpaired) electrons. The van der Waals surface area contributed by atoms with Crippen molar-refractivity contribution < 1.29 is 9.72 Å². The maximum absolute atomic E-state index is 12.4. The van der Waals surface area contributed by atoms with E-state index in [9.17, 15) is 14.9 Å². The van der Waals surface area contributed by atoms with Crippen molar-refractivity contribution in [3.05, 3.63) is 61.3 Å². The van der Waals surface area contributed by atoms with E-state index in [1.165, 1.54) is 29.3 Å². The van der Waals surface area contributed by atoms with Crippen LogP contribution in [0.1, 0.15) is 38.5 Å². The number of carbonyl (C=O) groups is 1. The molecular formula is C16H15NO3S. The third-order valence-electron chi connectivity index (χ3n) is 3.81. The van der Waals surface area contributed by atoms with E-state index in [-0.39, 0.29) is 17.9 Å². The molecule has 108 valence electrons. The van der Waals surface area contributed by atoms with Crippen LogP contribution in [0, 0.1) is 10.1 Å². The highest BCUT2D eigenvalue weighted by Gasteiger charge is 2.20. The number of hydrogen-bond acceptors (Lipinski definition) is 4. The molecule has 1 aromatic carbocycles. The zero-order chi connectivity index (χ0) is 14.8. The molecule has 0 amide bonds. The molecule has 3 rings (SSSR count). The van der Waals surface area contributed by atoms with Crippen molar-refractivity contribution in [2.75, 3.05) is 0 Å². The van der Waals surface area contributed by atoms with E-state index in [1.54, 1.807) is 29.5 Å². The first kappa shape index (κ1) is 13.9. The fourth-order valence-electron chi connectivity index (χ4n) is 2.73. The SMILES string of the molecule is O=C(Cc1ccccc1[N+](=O)[O-])c1cc2c(s1)CCCC2. The Kier molecular flexibility index (Phi) is 3.84. The van der Waals surface area contributed by atoms with Crippen LogP contribution < -0.4 is 0 Å². The molecule has 0 unspecified atom stereocenters. The van der Waals surface area contributed by atoms with E-state index < -0.39 is 4.92 Å². The topological polar surface area (TPSA) is 60.2 Å². The molecule has 1 aromatic heterocycles. The van der Waals surface area contributed by atoms with Crippen LogP contribution in [0.3, 0.4) is 0 Å². The van der Waals surface area contributed by atoms with Crippen LogP contribution in [0.4, 0.5) is 5.69 Å². The Balaban J connectivity index is 1.83. The molecule has 0 fully saturated rings. The number of benzene rings is 1. The van der Waals surface area contributed by atoms with Crippen LogP contribution in [0.2, 0.25) is 0 Å². The quantitative estimate of drug-likeness (QED) is 0.488. The molecule has 0 saturated carbocycles. The van der Waals surface area contributed by atoms with E-state index in [0.29, 0.717) is 5.56 Å². The number of Topliss-reactive ketones (excluding diaryl/α,β-unsaturated/α-hetero) is 1. The Morgan fingerprint density at radius 1 is 1.24 bits per heavy atom. The first-order valence-corrected chi connectivity index (χ1v) is 7.84. The van der Waals surface area contributed by atoms with E-state index in [1.807, 2.05) is 6.07 Å². The summed E-state index contributed by atoms with van der Waals surface area (Å²) < 4.78 is 0. The molecule has 0 bridgehead atoms. The van der Waals surface area contributed by atoms with Crippen molar-refractivity contribution >= 4 is 22.8 Å². The lowest BCUT2D eigenvalue weighted by atomic mass is 9.98. The summed E-state index contributed by atoms with van der Waals surface area (Å²) in [7, 11) is 0. The summed E-state index contributed by atoms with van der Waals surface area (Å²) in [5.74, 6) is -0.0244. The summed E-state index contributed by atoms with van der Waals surface area (Å²) in [6, 6.07) is 8.44. The van der Waals surface area contributed by atoms with Crippen molar-refractivity contribution in [3.63, 3.8) is 0 Å². The minimum Gasteiger partial charge on any atom is -0.293 e. The number of nitro groups is 1. The number of para-hydroxylation sites is 1. The molecule has 0 spiro atoms. The number of nitro benzene ring substituents is 1. The predicted octanol–water partition coefficient (Wildman–Crippen LogP) is 3.96. The first-order chi connectivity index (χ1) is 10.1. The second-order valence-electron chi connectivity index (χ2n) is 5.25. The van der Waals surface area contributed by atoms with Crippen LogP contribution in [0.25, 0.3) is 0 Å². The zero-order valence-electron chi connectivity index (χ0n) is 11.5. The van der Waals surface area contributed by atoms with Gasteiger partial charge in [-0.15, -0.1) is 11.3 Å². The van der Waals surface area contributed by atoms with Crippen LogP contribution >= 0.6 is 11.3 Å². The van der Waals surface area contributed by atoms with Crippen LogP contribution in [0.5, 0.6) is 0 Å². The van der Waals surface area contributed by atoms with Crippen molar-refractivity contribution in [2.45, 2.75) is 32.1 Å². The number of thiophene rings is 1. The molecule has 5 heteroatoms. The number of carbonyl (C=O) groups excluding carboxylic acids is 1. The van der Waals surface area contributed by atoms with Gasteiger partial charge in [-0.2, -0.15) is 0 Å². The Morgan fingerprint density at radius 2 is 2.00 bits per heavy atom. The Bertz CT molecular complexity index is 682. The van der Waals surface area contributed by atoms with Gasteiger partial charge in [-0.05, 0) is 37.3 Å². The lowest BCUT2D eigenvalue weighted by molar-refractivity contribution is -0.385. The maximum Gasteiger partial charge on any atom is 0.273 e. The minimum atomic E-state index is -0.429. The molecule has 1 aliphatic carbocycles. The van der Waals surface area contributed by atoms with E-state index in [0.717, 1.165) is 17.7 Å². The monoisotopic (exact) mass is 301 g/mol. The standard InChI is InChI=1S/C16H15NO3S/c18-14(9-11-5-1-3-7-13(11)17(19)20)16-10-12-6-2-4-8-15(12)21-16/h1,3,5,7,10H,2,4,6,8-9H2. The average molecular weight is 301 g/mol. The zero-order valence-corrected chi connectivity index (χ0v) is 12.3. The van der Waals surface area contributed by atoms with Gasteiger partial charge in [0.25, 0.3) is 5.69 Å². The number of rotatable bonds is 4. The third-order valence-corrected chi connectivity index (χ3v) is 5.09. The van der Waals surface area contributed by atoms with Gasteiger partial charge in [0.2, 0.25) is 0 Å². The lowest BCUT2D eigenvalue weighted by Crippen LogP contribution is -2.04. The highest BCUT2D eigenvalue weighted by Crippen LogP contribution is 2.31. The summed E-state index contributed by atoms with van der Waals surface area (Å²) in [5.41, 5.74) is 1.79. The Labute approximate surface area is 126 Å². The summed E-state index contributed by atoms with van der Waals surface area (Å²) in [6.07, 6.45) is 4.56. The van der Waals surface area contributed by atoms with Crippen molar-refractivity contribution in [3.8, 4) is 0 Å². The highest BCUT2D eigenvalue weighted by molar-refractivity contribution is 7.14. The van der Waals surface area contributed by atoms with Gasteiger partial charge in [0.15, 0.2) is 5.78 Å². The molecule has 1 heterocycles. The number of fused-ring (bicyclic) bond motifs is 1. The molecule has 21 heavy (non-hydrogen) atoms. The number of hydrogen-bond donors (Lipinski definition) is 0. The van der Waals surface area contributed by atoms with Gasteiger partial charge >= 0.3 is 0 Å². The Hall–Kier alpha value is -2.01. The van der Waals surface area contributed by atoms with Gasteiger partial charge in [0.1, 0.15) is 0 Å². The van der Waals surface area contributed by atoms with Gasteiger partial charge < -0.3 is 0 Å².